The monoisotopic (exact) mass is 823 g/mol. The van der Waals surface area contributed by atoms with Crippen molar-refractivity contribution in [1.29, 1.82) is 0 Å². The molecule has 0 bridgehead atoms. The van der Waals surface area contributed by atoms with Gasteiger partial charge in [0, 0.05) is 66.8 Å². The molecule has 58 heavy (non-hydrogen) atoms. The second-order valence-corrected chi connectivity index (χ2v) is 17.0. The first-order chi connectivity index (χ1) is 27.3. The number of imidazole rings is 1. The summed E-state index contributed by atoms with van der Waals surface area (Å²) in [5.74, 6) is -4.09. The van der Waals surface area contributed by atoms with Crippen LogP contribution in [0.1, 0.15) is 70.0 Å². The molecule has 0 amide bonds. The van der Waals surface area contributed by atoms with Crippen molar-refractivity contribution in [3.8, 4) is 23.0 Å². The summed E-state index contributed by atoms with van der Waals surface area (Å²) in [5, 5.41) is 8.48. The van der Waals surface area contributed by atoms with Crippen LogP contribution in [0.3, 0.4) is 0 Å². The Morgan fingerprint density at radius 2 is 1.76 bits per heavy atom. The first-order valence-electron chi connectivity index (χ1n) is 17.9. The van der Waals surface area contributed by atoms with Gasteiger partial charge in [0.05, 0.1) is 35.2 Å². The molecule has 2 aliphatic rings. The number of pyridine rings is 1. The molecule has 0 radical (unpaired) electrons. The lowest BCUT2D eigenvalue weighted by Crippen LogP contribution is -2.24. The van der Waals surface area contributed by atoms with Gasteiger partial charge < -0.3 is 4.57 Å². The maximum Gasteiger partial charge on any atom is 0.435 e. The molecule has 0 aliphatic heterocycles. The van der Waals surface area contributed by atoms with E-state index in [1.165, 1.54) is 10.9 Å². The molecule has 4 heterocycles. The molecular weight excluding hydrogens is 792 g/mol. The number of aryl methyl sites for hydroxylation is 2. The van der Waals surface area contributed by atoms with E-state index in [4.69, 9.17) is 4.98 Å². The van der Waals surface area contributed by atoms with E-state index in [-0.39, 0.29) is 41.2 Å². The number of benzene rings is 2. The molecule has 3 atom stereocenters. The first-order valence-corrected chi connectivity index (χ1v) is 20.0. The fraction of sp³-hybridized carbons (Fsp3) is 0.325. The molecule has 10 nitrogen and oxygen atoms in total. The van der Waals surface area contributed by atoms with Gasteiger partial charge in [0.25, 0.3) is 5.92 Å². The fourth-order valence-electron chi connectivity index (χ4n) is 8.05. The Kier molecular flexibility index (Phi) is 9.37. The van der Waals surface area contributed by atoms with Crippen molar-refractivity contribution in [2.24, 2.45) is 20.0 Å². The van der Waals surface area contributed by atoms with Crippen molar-refractivity contribution < 1.29 is 43.9 Å². The van der Waals surface area contributed by atoms with Crippen LogP contribution in [0.2, 0.25) is 0 Å². The summed E-state index contributed by atoms with van der Waals surface area (Å²) < 4.78 is 131. The van der Waals surface area contributed by atoms with Gasteiger partial charge in [0.1, 0.15) is 35.3 Å². The Labute approximate surface area is 326 Å². The summed E-state index contributed by atoms with van der Waals surface area (Å²) in [4.78, 5) is 23.0. The second-order valence-electron chi connectivity index (χ2n) is 14.9. The molecule has 1 saturated carbocycles. The number of rotatable bonds is 10. The number of ketones is 1. The third-order valence-corrected chi connectivity index (χ3v) is 11.3. The summed E-state index contributed by atoms with van der Waals surface area (Å²) in [6.07, 6.45) is -1.78. The van der Waals surface area contributed by atoms with Crippen molar-refractivity contribution in [2.75, 3.05) is 6.26 Å². The number of nitrogens with zero attached hydrogens (tertiary/aromatic N) is 7. The van der Waals surface area contributed by atoms with E-state index in [0.717, 1.165) is 18.4 Å². The first kappa shape index (κ1) is 39.0. The molecule has 18 heteroatoms. The molecule has 0 spiro atoms. The zero-order valence-electron chi connectivity index (χ0n) is 31.0. The second kappa shape index (κ2) is 13.9. The van der Waals surface area contributed by atoms with E-state index >= 15 is 8.78 Å². The van der Waals surface area contributed by atoms with Gasteiger partial charge in [-0.1, -0.05) is 18.2 Å². The van der Waals surface area contributed by atoms with E-state index in [9.17, 15) is 35.2 Å². The molecule has 8 rings (SSSR count). The average Bonchev–Trinajstić information content (AvgIpc) is 3.40. The highest BCUT2D eigenvalue weighted by atomic mass is 32.2. The van der Waals surface area contributed by atoms with Crippen LogP contribution in [0.4, 0.5) is 30.7 Å². The Morgan fingerprint density at radius 3 is 2.43 bits per heavy atom. The topological polar surface area (TPSA) is 118 Å². The molecular formula is C40H32F7N7O3S. The van der Waals surface area contributed by atoms with Crippen LogP contribution in [-0.4, -0.2) is 54.6 Å². The normalized spacial score (nSPS) is 17.5. The number of fused-ring (bicyclic) bond motifs is 4. The predicted octanol–water partition coefficient (Wildman–Crippen LogP) is 7.00. The molecule has 2 aromatic carbocycles. The van der Waals surface area contributed by atoms with Crippen LogP contribution in [0.5, 0.6) is 0 Å². The number of Topliss-reactive ketones (excluding diaryl/α,β-unsaturated/α-hetero) is 1. The smallest absolute Gasteiger partial charge is 0.327 e. The Bertz CT molecular complexity index is 2810. The minimum absolute atomic E-state index is 0.106. The largest absolute Gasteiger partial charge is 0.435 e. The SMILES string of the molecule is Cn1cncc1C#Cc1ccc(-c2cccc3c(CS(C)(=O)=O)nn(C)c23)c([C@@H](CC(=O)Cn2nc(C(F)(F)F)c3c2C(F)(F)[C@@H]2C[C@H]32)Cc2cc(F)cc(F)c2)n1. The van der Waals surface area contributed by atoms with Gasteiger partial charge in [-0.05, 0) is 60.4 Å². The predicted molar refractivity (Wildman–Crippen MR) is 196 cm³/mol. The van der Waals surface area contributed by atoms with Gasteiger partial charge in [-0.25, -0.2) is 27.2 Å². The summed E-state index contributed by atoms with van der Waals surface area (Å²) >= 11 is 0. The van der Waals surface area contributed by atoms with Crippen LogP contribution in [-0.2, 0) is 59.5 Å². The summed E-state index contributed by atoms with van der Waals surface area (Å²) in [5.41, 5.74) is -0.297. The van der Waals surface area contributed by atoms with E-state index < -0.39 is 87.0 Å². The molecule has 0 saturated heterocycles. The number of hydrogen-bond acceptors (Lipinski definition) is 7. The van der Waals surface area contributed by atoms with Crippen LogP contribution < -0.4 is 0 Å². The Hall–Kier alpha value is -5.83. The third-order valence-electron chi connectivity index (χ3n) is 10.5. The lowest BCUT2D eigenvalue weighted by atomic mass is 9.86. The van der Waals surface area contributed by atoms with E-state index in [1.54, 1.807) is 55.3 Å². The van der Waals surface area contributed by atoms with Crippen molar-refractivity contribution in [1.82, 2.24) is 34.1 Å². The van der Waals surface area contributed by atoms with Crippen LogP contribution in [0, 0.1) is 29.4 Å². The van der Waals surface area contributed by atoms with E-state index in [2.05, 4.69) is 27.0 Å². The quantitative estimate of drug-likeness (QED) is 0.108. The molecule has 6 aromatic rings. The molecule has 0 unspecified atom stereocenters. The maximum atomic E-state index is 15.4. The van der Waals surface area contributed by atoms with Gasteiger partial charge in [0.15, 0.2) is 21.3 Å². The molecule has 4 aromatic heterocycles. The van der Waals surface area contributed by atoms with E-state index in [1.807, 2.05) is 0 Å². The van der Waals surface area contributed by atoms with Crippen LogP contribution in [0.25, 0.3) is 22.0 Å². The summed E-state index contributed by atoms with van der Waals surface area (Å²) in [6.45, 7) is -0.942. The molecule has 0 N–H and O–H groups in total. The Morgan fingerprint density at radius 1 is 1.02 bits per heavy atom. The van der Waals surface area contributed by atoms with Gasteiger partial charge in [-0.15, -0.1) is 0 Å². The zero-order chi connectivity index (χ0) is 41.5. The van der Waals surface area contributed by atoms with Gasteiger partial charge in [-0.2, -0.15) is 32.1 Å². The minimum Gasteiger partial charge on any atom is -0.327 e. The standard InChI is InChI=1S/C40H32F7N7O3S/c1-52-20-48-17-26(52)9-7-25-8-10-28(29-5-4-6-30-33(19-58(3,56)57)50-53(2)36(29)30)35(49-25)22(11-21-12-23(41)15-24(42)13-21)14-27(55)18-54-38-34(37(51-54)40(45,46)47)31-16-32(31)39(38,43)44/h4-6,8,10,12-13,15,17,20,22,31-32H,11,14,16,18-19H2,1-3H3/t22-,31+,32-/m1/s1. The van der Waals surface area contributed by atoms with E-state index in [0.29, 0.717) is 38.5 Å². The van der Waals surface area contributed by atoms with Gasteiger partial charge >= 0.3 is 6.18 Å². The molecule has 300 valence electrons. The number of carbonyl (C=O) groups is 1. The summed E-state index contributed by atoms with van der Waals surface area (Å²) in [6, 6.07) is 11.2. The van der Waals surface area contributed by atoms with Crippen LogP contribution >= 0.6 is 0 Å². The van der Waals surface area contributed by atoms with Crippen molar-refractivity contribution in [3.05, 3.63) is 118 Å². The van der Waals surface area contributed by atoms with Crippen LogP contribution in [0.15, 0.2) is 61.1 Å². The lowest BCUT2D eigenvalue weighted by Gasteiger charge is -2.21. The third kappa shape index (κ3) is 7.27. The number of alkyl halides is 5. The number of sulfone groups is 1. The summed E-state index contributed by atoms with van der Waals surface area (Å²) in [7, 11) is -0.162. The van der Waals surface area contributed by atoms with Gasteiger partial charge in [0.2, 0.25) is 0 Å². The zero-order valence-corrected chi connectivity index (χ0v) is 31.8. The lowest BCUT2D eigenvalue weighted by molar-refractivity contribution is -0.142. The highest BCUT2D eigenvalue weighted by Crippen LogP contribution is 2.68. The van der Waals surface area contributed by atoms with Gasteiger partial charge in [-0.3, -0.25) is 14.2 Å². The fourth-order valence-corrected chi connectivity index (χ4v) is 8.76. The number of halogens is 7. The maximum absolute atomic E-state index is 15.4. The number of carbonyl (C=O) groups excluding carboxylic acids is 1. The highest BCUT2D eigenvalue weighted by molar-refractivity contribution is 7.89. The average molecular weight is 824 g/mol. The number of hydrogen-bond donors (Lipinski definition) is 0. The van der Waals surface area contributed by atoms with Crippen molar-refractivity contribution in [3.63, 3.8) is 0 Å². The number of para-hydroxylation sites is 1. The number of aromatic nitrogens is 7. The minimum atomic E-state index is -5.04. The molecule has 1 fully saturated rings. The van der Waals surface area contributed by atoms with Crippen molar-refractivity contribution >= 4 is 26.5 Å². The highest BCUT2D eigenvalue weighted by Gasteiger charge is 2.68. The Balaban J connectivity index is 1.27. The van der Waals surface area contributed by atoms with Crippen molar-refractivity contribution in [2.45, 2.75) is 55.5 Å². The molecule has 2 aliphatic carbocycles.